The van der Waals surface area contributed by atoms with Gasteiger partial charge in [0.2, 0.25) is 5.78 Å². The number of ketones is 1. The van der Waals surface area contributed by atoms with E-state index in [1.54, 1.807) is 17.0 Å². The molecule has 0 aliphatic carbocycles. The van der Waals surface area contributed by atoms with Crippen molar-refractivity contribution in [2.75, 3.05) is 6.54 Å². The molecular weight excluding hydrogens is 470 g/mol. The predicted molar refractivity (Wildman–Crippen MR) is 128 cm³/mol. The van der Waals surface area contributed by atoms with E-state index >= 15 is 0 Å². The van der Waals surface area contributed by atoms with Gasteiger partial charge in [0, 0.05) is 16.4 Å². The molecule has 0 spiro atoms. The highest BCUT2D eigenvalue weighted by Gasteiger charge is 2.44. The Balaban J connectivity index is 1.76. The van der Waals surface area contributed by atoms with Crippen LogP contribution in [0.2, 0.25) is 0 Å². The van der Waals surface area contributed by atoms with E-state index in [1.165, 1.54) is 5.56 Å². The number of carbonyl (C=O) groups excluding carboxylic acids is 2. The molecule has 1 unspecified atom stereocenters. The summed E-state index contributed by atoms with van der Waals surface area (Å²) in [5, 5.41) is 11.6. The molecule has 2 aromatic carbocycles. The number of nitrogens with zero attached hydrogens (tertiary/aromatic N) is 1. The number of Topliss-reactive ketones (excluding diaryl/α,β-unsaturated/α-hetero) is 1. The first kappa shape index (κ1) is 22.3. The minimum absolute atomic E-state index is 0.0777. The summed E-state index contributed by atoms with van der Waals surface area (Å²) in [4.78, 5) is 28.1. The number of amides is 1. The molecule has 0 saturated heterocycles. The number of rotatable bonds is 8. The molecule has 0 radical (unpaired) electrons. The first-order valence-corrected chi connectivity index (χ1v) is 11.8. The van der Waals surface area contributed by atoms with E-state index in [0.717, 1.165) is 41.1 Å². The van der Waals surface area contributed by atoms with Crippen LogP contribution in [0.5, 0.6) is 0 Å². The summed E-state index contributed by atoms with van der Waals surface area (Å²) in [6.07, 6.45) is 3.68. The summed E-state index contributed by atoms with van der Waals surface area (Å²) in [6.45, 7) is 4.64. The number of halogens is 1. The van der Waals surface area contributed by atoms with Crippen molar-refractivity contribution in [3.05, 3.63) is 81.2 Å². The van der Waals surface area contributed by atoms with Crippen molar-refractivity contribution in [1.29, 1.82) is 0 Å². The van der Waals surface area contributed by atoms with Crippen LogP contribution in [0.1, 0.15) is 60.8 Å². The largest absolute Gasteiger partial charge is 0.503 e. The summed E-state index contributed by atoms with van der Waals surface area (Å²) in [5.41, 5.74) is 2.62. The summed E-state index contributed by atoms with van der Waals surface area (Å²) in [5.74, 6) is -1.35. The second-order valence-corrected chi connectivity index (χ2v) is 9.00. The lowest BCUT2D eigenvalue weighted by Gasteiger charge is -2.26. The monoisotopic (exact) mass is 495 g/mol. The van der Waals surface area contributed by atoms with Crippen molar-refractivity contribution >= 4 is 38.6 Å². The SMILES string of the molecule is CCCCCN1C(=O)C(O)=C(C(=O)c2cc3cc(Br)ccc3o2)C1c1ccc(CC)cc1. The molecule has 1 aliphatic rings. The van der Waals surface area contributed by atoms with E-state index in [4.69, 9.17) is 4.42 Å². The average molecular weight is 496 g/mol. The highest BCUT2D eigenvalue weighted by molar-refractivity contribution is 9.10. The number of unbranched alkanes of at least 4 members (excludes halogenated alkanes) is 2. The summed E-state index contributed by atoms with van der Waals surface area (Å²) in [7, 11) is 0. The lowest BCUT2D eigenvalue weighted by atomic mass is 9.94. The van der Waals surface area contributed by atoms with Crippen LogP contribution in [-0.2, 0) is 11.2 Å². The van der Waals surface area contributed by atoms with Gasteiger partial charge in [0.05, 0.1) is 11.6 Å². The van der Waals surface area contributed by atoms with Crippen LogP contribution in [0, 0.1) is 0 Å². The number of aryl methyl sites for hydroxylation is 1. The number of fused-ring (bicyclic) bond motifs is 1. The molecule has 0 bridgehead atoms. The fourth-order valence-corrected chi connectivity index (χ4v) is 4.57. The normalized spacial score (nSPS) is 16.4. The van der Waals surface area contributed by atoms with Gasteiger partial charge in [0.25, 0.3) is 5.91 Å². The molecule has 1 aliphatic heterocycles. The second kappa shape index (κ2) is 9.33. The van der Waals surface area contributed by atoms with E-state index < -0.39 is 23.5 Å². The molecule has 166 valence electrons. The van der Waals surface area contributed by atoms with Crippen LogP contribution >= 0.6 is 15.9 Å². The molecule has 1 amide bonds. The van der Waals surface area contributed by atoms with Crippen molar-refractivity contribution in [2.24, 2.45) is 0 Å². The molecule has 2 heterocycles. The van der Waals surface area contributed by atoms with Crippen molar-refractivity contribution in [3.63, 3.8) is 0 Å². The van der Waals surface area contributed by atoms with E-state index in [2.05, 4.69) is 29.8 Å². The molecule has 0 fully saturated rings. The van der Waals surface area contributed by atoms with Gasteiger partial charge in [-0.25, -0.2) is 0 Å². The molecule has 5 nitrogen and oxygen atoms in total. The van der Waals surface area contributed by atoms with E-state index in [-0.39, 0.29) is 11.3 Å². The molecule has 0 saturated carbocycles. The zero-order valence-electron chi connectivity index (χ0n) is 18.2. The Labute approximate surface area is 195 Å². The van der Waals surface area contributed by atoms with Crippen LogP contribution in [0.3, 0.4) is 0 Å². The molecule has 1 atom stereocenters. The molecule has 3 aromatic rings. The lowest BCUT2D eigenvalue weighted by Crippen LogP contribution is -2.32. The predicted octanol–water partition coefficient (Wildman–Crippen LogP) is 6.53. The molecule has 6 heteroatoms. The Hall–Kier alpha value is -2.86. The fourth-order valence-electron chi connectivity index (χ4n) is 4.19. The molecule has 1 aromatic heterocycles. The first-order chi connectivity index (χ1) is 15.4. The Morgan fingerprint density at radius 1 is 1.09 bits per heavy atom. The Bertz CT molecular complexity index is 1190. The van der Waals surface area contributed by atoms with Gasteiger partial charge in [0.1, 0.15) is 5.58 Å². The minimum atomic E-state index is -0.641. The Morgan fingerprint density at radius 3 is 2.53 bits per heavy atom. The Morgan fingerprint density at radius 2 is 1.84 bits per heavy atom. The third-order valence-corrected chi connectivity index (χ3v) is 6.45. The minimum Gasteiger partial charge on any atom is -0.503 e. The quantitative estimate of drug-likeness (QED) is 0.285. The van der Waals surface area contributed by atoms with Crippen molar-refractivity contribution in [1.82, 2.24) is 4.90 Å². The molecule has 1 N–H and O–H groups in total. The van der Waals surface area contributed by atoms with Crippen LogP contribution in [0.15, 0.2) is 68.8 Å². The molecule has 32 heavy (non-hydrogen) atoms. The summed E-state index contributed by atoms with van der Waals surface area (Å²) < 4.78 is 6.66. The number of hydrogen-bond donors (Lipinski definition) is 1. The number of furan rings is 1. The molecular formula is C26H26BrNO4. The van der Waals surface area contributed by atoms with E-state index in [9.17, 15) is 14.7 Å². The summed E-state index contributed by atoms with van der Waals surface area (Å²) >= 11 is 3.42. The highest BCUT2D eigenvalue weighted by atomic mass is 79.9. The van der Waals surface area contributed by atoms with Gasteiger partial charge in [-0.2, -0.15) is 0 Å². The highest BCUT2D eigenvalue weighted by Crippen LogP contribution is 2.40. The fraction of sp³-hybridized carbons (Fsp3) is 0.308. The number of carbonyl (C=O) groups is 2. The van der Waals surface area contributed by atoms with Crippen LogP contribution in [-0.4, -0.2) is 28.2 Å². The maximum absolute atomic E-state index is 13.5. The van der Waals surface area contributed by atoms with Gasteiger partial charge < -0.3 is 14.4 Å². The topological polar surface area (TPSA) is 70.8 Å². The third-order valence-electron chi connectivity index (χ3n) is 5.96. The van der Waals surface area contributed by atoms with Gasteiger partial charge in [-0.1, -0.05) is 66.9 Å². The third kappa shape index (κ3) is 4.11. The number of benzene rings is 2. The van der Waals surface area contributed by atoms with Gasteiger partial charge in [0.15, 0.2) is 11.5 Å². The average Bonchev–Trinajstić information content (AvgIpc) is 3.33. The van der Waals surface area contributed by atoms with Crippen molar-refractivity contribution in [2.45, 2.75) is 45.6 Å². The van der Waals surface area contributed by atoms with Crippen LogP contribution in [0.25, 0.3) is 11.0 Å². The standard InChI is InChI=1S/C26H26BrNO4/c1-3-5-6-13-28-23(17-9-7-16(4-2)8-10-17)22(25(30)26(28)31)24(29)21-15-18-14-19(27)11-12-20(18)32-21/h7-12,14-15,23,30H,3-6,13H2,1-2H3. The van der Waals surface area contributed by atoms with Gasteiger partial charge in [-0.15, -0.1) is 0 Å². The maximum Gasteiger partial charge on any atom is 0.290 e. The number of hydrogen-bond acceptors (Lipinski definition) is 4. The summed E-state index contributed by atoms with van der Waals surface area (Å²) in [6, 6.07) is 14.4. The lowest BCUT2D eigenvalue weighted by molar-refractivity contribution is -0.129. The van der Waals surface area contributed by atoms with Crippen LogP contribution in [0.4, 0.5) is 0 Å². The number of aliphatic hydroxyl groups excluding tert-OH is 1. The maximum atomic E-state index is 13.5. The van der Waals surface area contributed by atoms with Crippen LogP contribution < -0.4 is 0 Å². The van der Waals surface area contributed by atoms with Crippen molar-refractivity contribution in [3.8, 4) is 0 Å². The first-order valence-electron chi connectivity index (χ1n) is 11.0. The van der Waals surface area contributed by atoms with E-state index in [1.807, 2.05) is 36.4 Å². The molecule has 4 rings (SSSR count). The zero-order valence-corrected chi connectivity index (χ0v) is 19.8. The number of aliphatic hydroxyl groups is 1. The Kier molecular flexibility index (Phi) is 6.51. The van der Waals surface area contributed by atoms with Gasteiger partial charge in [-0.3, -0.25) is 9.59 Å². The van der Waals surface area contributed by atoms with E-state index in [0.29, 0.717) is 12.1 Å². The van der Waals surface area contributed by atoms with Gasteiger partial charge >= 0.3 is 0 Å². The van der Waals surface area contributed by atoms with Gasteiger partial charge in [-0.05, 0) is 48.2 Å². The second-order valence-electron chi connectivity index (χ2n) is 8.09. The van der Waals surface area contributed by atoms with Crippen molar-refractivity contribution < 1.29 is 19.1 Å². The smallest absolute Gasteiger partial charge is 0.290 e. The zero-order chi connectivity index (χ0) is 22.8.